The van der Waals surface area contributed by atoms with Crippen molar-refractivity contribution in [1.29, 1.82) is 0 Å². The van der Waals surface area contributed by atoms with Crippen molar-refractivity contribution in [2.24, 2.45) is 5.92 Å². The molecular weight excluding hydrogens is 282 g/mol. The largest absolute Gasteiger partial charge is 0.378 e. The lowest BCUT2D eigenvalue weighted by Crippen LogP contribution is -2.45. The van der Waals surface area contributed by atoms with Crippen LogP contribution in [0.3, 0.4) is 0 Å². The summed E-state index contributed by atoms with van der Waals surface area (Å²) in [5, 5.41) is 4.33. The SMILES string of the molecule is CC(C)C[C@@H](c1ccc(N(C)C)cc1Cl)N1CCNCC1. The predicted octanol–water partition coefficient (Wildman–Crippen LogP) is 3.40. The van der Waals surface area contributed by atoms with Crippen LogP contribution in [0.1, 0.15) is 31.9 Å². The van der Waals surface area contributed by atoms with E-state index in [1.54, 1.807) is 0 Å². The molecule has 1 aliphatic rings. The maximum atomic E-state index is 6.60. The summed E-state index contributed by atoms with van der Waals surface area (Å²) in [5.74, 6) is 0.662. The van der Waals surface area contributed by atoms with Gasteiger partial charge in [-0.05, 0) is 30.0 Å². The standard InChI is InChI=1S/C17H28ClN3/c1-13(2)11-17(21-9-7-19-8-10-21)15-6-5-14(20(3)4)12-16(15)18/h5-6,12-13,17,19H,7-11H2,1-4H3/t17-/m0/s1. The van der Waals surface area contributed by atoms with Gasteiger partial charge in [-0.15, -0.1) is 0 Å². The zero-order valence-electron chi connectivity index (χ0n) is 13.7. The minimum Gasteiger partial charge on any atom is -0.378 e. The van der Waals surface area contributed by atoms with E-state index in [0.717, 1.165) is 43.3 Å². The topological polar surface area (TPSA) is 18.5 Å². The first-order valence-corrected chi connectivity index (χ1v) is 8.28. The van der Waals surface area contributed by atoms with E-state index in [1.165, 1.54) is 5.56 Å². The van der Waals surface area contributed by atoms with E-state index < -0.39 is 0 Å². The van der Waals surface area contributed by atoms with E-state index in [4.69, 9.17) is 11.6 Å². The number of anilines is 1. The van der Waals surface area contributed by atoms with Crippen molar-refractivity contribution in [2.75, 3.05) is 45.2 Å². The highest BCUT2D eigenvalue weighted by molar-refractivity contribution is 6.31. The lowest BCUT2D eigenvalue weighted by Gasteiger charge is -2.36. The number of benzene rings is 1. The smallest absolute Gasteiger partial charge is 0.0474 e. The molecule has 1 aromatic rings. The summed E-state index contributed by atoms with van der Waals surface area (Å²) in [4.78, 5) is 4.67. The summed E-state index contributed by atoms with van der Waals surface area (Å²) in [6, 6.07) is 6.91. The van der Waals surface area contributed by atoms with Crippen molar-refractivity contribution in [2.45, 2.75) is 26.3 Å². The fourth-order valence-corrected chi connectivity index (χ4v) is 3.28. The van der Waals surface area contributed by atoms with Gasteiger partial charge in [-0.3, -0.25) is 4.90 Å². The molecule has 118 valence electrons. The first kappa shape index (κ1) is 16.6. The molecule has 1 aliphatic heterocycles. The minimum atomic E-state index is 0.427. The molecule has 0 unspecified atom stereocenters. The van der Waals surface area contributed by atoms with Gasteiger partial charge in [0.2, 0.25) is 0 Å². The summed E-state index contributed by atoms with van der Waals surface area (Å²) in [6.45, 7) is 8.92. The van der Waals surface area contributed by atoms with Crippen molar-refractivity contribution in [3.8, 4) is 0 Å². The van der Waals surface area contributed by atoms with Gasteiger partial charge in [-0.1, -0.05) is 31.5 Å². The Bertz CT molecular complexity index is 453. The van der Waals surface area contributed by atoms with Crippen LogP contribution < -0.4 is 10.2 Å². The summed E-state index contributed by atoms with van der Waals surface area (Å²) >= 11 is 6.60. The van der Waals surface area contributed by atoms with Gasteiger partial charge in [0, 0.05) is 57.0 Å². The van der Waals surface area contributed by atoms with Crippen LogP contribution in [-0.4, -0.2) is 45.2 Å². The third-order valence-electron chi connectivity index (χ3n) is 4.15. The van der Waals surface area contributed by atoms with Gasteiger partial charge in [0.1, 0.15) is 0 Å². The van der Waals surface area contributed by atoms with E-state index in [2.05, 4.69) is 47.2 Å². The Balaban J connectivity index is 2.27. The molecule has 21 heavy (non-hydrogen) atoms. The van der Waals surface area contributed by atoms with E-state index in [9.17, 15) is 0 Å². The van der Waals surface area contributed by atoms with E-state index in [1.807, 2.05) is 14.1 Å². The minimum absolute atomic E-state index is 0.427. The van der Waals surface area contributed by atoms with Crippen LogP contribution in [0.5, 0.6) is 0 Å². The van der Waals surface area contributed by atoms with Crippen LogP contribution >= 0.6 is 11.6 Å². The molecule has 1 atom stereocenters. The highest BCUT2D eigenvalue weighted by Crippen LogP contribution is 2.34. The molecule has 3 nitrogen and oxygen atoms in total. The van der Waals surface area contributed by atoms with Gasteiger partial charge < -0.3 is 10.2 Å². The Hall–Kier alpha value is -0.770. The second-order valence-corrected chi connectivity index (χ2v) is 6.94. The van der Waals surface area contributed by atoms with E-state index in [0.29, 0.717) is 12.0 Å². The monoisotopic (exact) mass is 309 g/mol. The third-order valence-corrected chi connectivity index (χ3v) is 4.47. The zero-order valence-corrected chi connectivity index (χ0v) is 14.5. The first-order valence-electron chi connectivity index (χ1n) is 7.90. The van der Waals surface area contributed by atoms with Gasteiger partial charge in [0.05, 0.1) is 0 Å². The summed E-state index contributed by atoms with van der Waals surface area (Å²) < 4.78 is 0. The van der Waals surface area contributed by atoms with Gasteiger partial charge in [-0.2, -0.15) is 0 Å². The van der Waals surface area contributed by atoms with E-state index >= 15 is 0 Å². The number of piperazine rings is 1. The maximum absolute atomic E-state index is 6.60. The molecule has 0 amide bonds. The number of hydrogen-bond donors (Lipinski definition) is 1. The molecule has 1 aromatic carbocycles. The van der Waals surface area contributed by atoms with Crippen LogP contribution in [0, 0.1) is 5.92 Å². The quantitative estimate of drug-likeness (QED) is 0.899. The molecule has 1 N–H and O–H groups in total. The Morgan fingerprint density at radius 3 is 2.43 bits per heavy atom. The molecule has 0 spiro atoms. The average Bonchev–Trinajstić information content (AvgIpc) is 2.45. The predicted molar refractivity (Wildman–Crippen MR) is 92.4 cm³/mol. The molecule has 0 radical (unpaired) electrons. The number of rotatable bonds is 5. The highest BCUT2D eigenvalue weighted by atomic mass is 35.5. The zero-order chi connectivity index (χ0) is 15.4. The maximum Gasteiger partial charge on any atom is 0.0474 e. The van der Waals surface area contributed by atoms with Gasteiger partial charge in [-0.25, -0.2) is 0 Å². The number of nitrogens with zero attached hydrogens (tertiary/aromatic N) is 2. The average molecular weight is 310 g/mol. The molecular formula is C17H28ClN3. The molecule has 0 aromatic heterocycles. The summed E-state index contributed by atoms with van der Waals surface area (Å²) in [7, 11) is 4.10. The van der Waals surface area contributed by atoms with Crippen molar-refractivity contribution >= 4 is 17.3 Å². The fourth-order valence-electron chi connectivity index (χ4n) is 2.98. The van der Waals surface area contributed by atoms with Crippen molar-refractivity contribution < 1.29 is 0 Å². The fraction of sp³-hybridized carbons (Fsp3) is 0.647. The van der Waals surface area contributed by atoms with Gasteiger partial charge in [0.25, 0.3) is 0 Å². The lowest BCUT2D eigenvalue weighted by molar-refractivity contribution is 0.154. The molecule has 1 heterocycles. The molecule has 4 heteroatoms. The van der Waals surface area contributed by atoms with Crippen LogP contribution in [0.25, 0.3) is 0 Å². The number of hydrogen-bond acceptors (Lipinski definition) is 3. The van der Waals surface area contributed by atoms with Crippen LogP contribution in [0.15, 0.2) is 18.2 Å². The molecule has 0 bridgehead atoms. The van der Waals surface area contributed by atoms with Crippen molar-refractivity contribution in [3.05, 3.63) is 28.8 Å². The van der Waals surface area contributed by atoms with Crippen molar-refractivity contribution in [3.63, 3.8) is 0 Å². The van der Waals surface area contributed by atoms with Crippen LogP contribution in [-0.2, 0) is 0 Å². The van der Waals surface area contributed by atoms with Crippen LogP contribution in [0.2, 0.25) is 5.02 Å². The molecule has 0 saturated carbocycles. The molecule has 1 fully saturated rings. The summed E-state index contributed by atoms with van der Waals surface area (Å²) in [6.07, 6.45) is 1.15. The Morgan fingerprint density at radius 2 is 1.90 bits per heavy atom. The Labute approximate surface area is 134 Å². The Kier molecular flexibility index (Phi) is 5.91. The van der Waals surface area contributed by atoms with Gasteiger partial charge in [0.15, 0.2) is 0 Å². The molecule has 2 rings (SSSR count). The molecule has 0 aliphatic carbocycles. The second-order valence-electron chi connectivity index (χ2n) is 6.53. The van der Waals surface area contributed by atoms with Crippen LogP contribution in [0.4, 0.5) is 5.69 Å². The number of nitrogens with one attached hydrogen (secondary N) is 1. The normalized spacial score (nSPS) is 18.0. The number of halogens is 1. The summed E-state index contributed by atoms with van der Waals surface area (Å²) in [5.41, 5.74) is 2.44. The Morgan fingerprint density at radius 1 is 1.24 bits per heavy atom. The highest BCUT2D eigenvalue weighted by Gasteiger charge is 2.25. The van der Waals surface area contributed by atoms with E-state index in [-0.39, 0.29) is 0 Å². The second kappa shape index (κ2) is 7.48. The molecule has 1 saturated heterocycles. The lowest BCUT2D eigenvalue weighted by atomic mass is 9.94. The first-order chi connectivity index (χ1) is 9.99. The van der Waals surface area contributed by atoms with Gasteiger partial charge >= 0.3 is 0 Å². The third kappa shape index (κ3) is 4.35. The van der Waals surface area contributed by atoms with Crippen molar-refractivity contribution in [1.82, 2.24) is 10.2 Å².